The molecule has 0 atom stereocenters. The number of hydrogen-bond donors (Lipinski definition) is 1. The number of nitrogens with zero attached hydrogens (tertiary/aromatic N) is 1. The molecule has 3 aromatic carbocycles. The third-order valence-electron chi connectivity index (χ3n) is 4.46. The number of amides is 1. The molecule has 6 nitrogen and oxygen atoms in total. The summed E-state index contributed by atoms with van der Waals surface area (Å²) in [6.07, 6.45) is 0. The van der Waals surface area contributed by atoms with E-state index < -0.39 is 22.5 Å². The molecule has 31 heavy (non-hydrogen) atoms. The number of nitrogens with one attached hydrogen (secondary N) is 1. The van der Waals surface area contributed by atoms with Crippen LogP contribution in [0.3, 0.4) is 0 Å². The van der Waals surface area contributed by atoms with Crippen molar-refractivity contribution in [3.05, 3.63) is 88.4 Å². The fourth-order valence-electron chi connectivity index (χ4n) is 2.81. The number of rotatable bonds is 8. The van der Waals surface area contributed by atoms with Crippen LogP contribution in [0.5, 0.6) is 5.75 Å². The summed E-state index contributed by atoms with van der Waals surface area (Å²) in [4.78, 5) is 12.7. The van der Waals surface area contributed by atoms with Gasteiger partial charge in [0.15, 0.2) is 0 Å². The summed E-state index contributed by atoms with van der Waals surface area (Å²) < 4.78 is 32.7. The molecular weight excluding hydrogens is 459 g/mol. The van der Waals surface area contributed by atoms with E-state index in [-0.39, 0.29) is 27.2 Å². The lowest BCUT2D eigenvalue weighted by molar-refractivity contribution is -0.119. The molecular formula is C22H20Cl2N2O4S. The molecule has 0 unspecified atom stereocenters. The summed E-state index contributed by atoms with van der Waals surface area (Å²) in [5.41, 5.74) is 1.08. The minimum absolute atomic E-state index is 0.0593. The lowest BCUT2D eigenvalue weighted by Gasteiger charge is -2.24. The number of carbonyl (C=O) groups is 1. The lowest BCUT2D eigenvalue weighted by Crippen LogP contribution is -2.40. The van der Waals surface area contributed by atoms with Gasteiger partial charge in [0, 0.05) is 6.54 Å². The minimum atomic E-state index is -4.02. The molecule has 0 heterocycles. The molecule has 0 aromatic heterocycles. The Morgan fingerprint density at radius 1 is 0.968 bits per heavy atom. The van der Waals surface area contributed by atoms with Gasteiger partial charge in [0.1, 0.15) is 12.3 Å². The van der Waals surface area contributed by atoms with E-state index in [1.165, 1.54) is 30.3 Å². The zero-order chi connectivity index (χ0) is 22.4. The Labute approximate surface area is 191 Å². The van der Waals surface area contributed by atoms with Crippen molar-refractivity contribution < 1.29 is 17.9 Å². The molecule has 3 aromatic rings. The van der Waals surface area contributed by atoms with Crippen molar-refractivity contribution in [2.24, 2.45) is 0 Å². The fraction of sp³-hybridized carbons (Fsp3) is 0.136. The Morgan fingerprint density at radius 2 is 1.65 bits per heavy atom. The molecule has 9 heteroatoms. The number of hydrogen-bond acceptors (Lipinski definition) is 4. The van der Waals surface area contributed by atoms with E-state index >= 15 is 0 Å². The van der Waals surface area contributed by atoms with Gasteiger partial charge in [-0.1, -0.05) is 53.5 Å². The molecule has 1 N–H and O–H groups in total. The highest BCUT2D eigenvalue weighted by Gasteiger charge is 2.27. The van der Waals surface area contributed by atoms with E-state index in [0.717, 1.165) is 9.87 Å². The van der Waals surface area contributed by atoms with Crippen molar-refractivity contribution in [3.63, 3.8) is 0 Å². The normalized spacial score (nSPS) is 11.1. The third-order valence-corrected chi connectivity index (χ3v) is 6.99. The van der Waals surface area contributed by atoms with Crippen LogP contribution in [0.1, 0.15) is 5.56 Å². The number of sulfonamides is 1. The van der Waals surface area contributed by atoms with Crippen molar-refractivity contribution in [2.45, 2.75) is 11.4 Å². The molecule has 0 saturated carbocycles. The molecule has 1 amide bonds. The lowest BCUT2D eigenvalue weighted by atomic mass is 10.2. The zero-order valence-corrected chi connectivity index (χ0v) is 18.9. The van der Waals surface area contributed by atoms with Crippen molar-refractivity contribution in [1.29, 1.82) is 0 Å². The minimum Gasteiger partial charge on any atom is -0.497 e. The molecule has 0 saturated heterocycles. The Bertz CT molecular complexity index is 1150. The molecule has 0 radical (unpaired) electrons. The number of halogens is 2. The van der Waals surface area contributed by atoms with Gasteiger partial charge < -0.3 is 10.1 Å². The smallest absolute Gasteiger partial charge is 0.264 e. The van der Waals surface area contributed by atoms with E-state index in [1.54, 1.807) is 37.4 Å². The van der Waals surface area contributed by atoms with Gasteiger partial charge in [-0.05, 0) is 48.0 Å². The molecule has 0 spiro atoms. The van der Waals surface area contributed by atoms with Crippen molar-refractivity contribution >= 4 is 44.8 Å². The molecule has 0 aliphatic heterocycles. The van der Waals surface area contributed by atoms with Gasteiger partial charge in [0.2, 0.25) is 5.91 Å². The summed E-state index contributed by atoms with van der Waals surface area (Å²) in [7, 11) is -2.45. The van der Waals surface area contributed by atoms with Crippen molar-refractivity contribution in [2.75, 3.05) is 18.0 Å². The van der Waals surface area contributed by atoms with E-state index in [9.17, 15) is 13.2 Å². The molecule has 162 valence electrons. The Hall–Kier alpha value is -2.74. The molecule has 3 rings (SSSR count). The topological polar surface area (TPSA) is 75.7 Å². The van der Waals surface area contributed by atoms with Crippen LogP contribution in [0.15, 0.2) is 77.7 Å². The first kappa shape index (κ1) is 22.9. The average molecular weight is 479 g/mol. The van der Waals surface area contributed by atoms with Crippen LogP contribution >= 0.6 is 23.2 Å². The van der Waals surface area contributed by atoms with Gasteiger partial charge in [-0.2, -0.15) is 0 Å². The Balaban J connectivity index is 1.83. The Morgan fingerprint density at radius 3 is 2.26 bits per heavy atom. The fourth-order valence-corrected chi connectivity index (χ4v) is 4.53. The van der Waals surface area contributed by atoms with Gasteiger partial charge in [-0.15, -0.1) is 0 Å². The summed E-state index contributed by atoms with van der Waals surface area (Å²) in [5, 5.41) is 3.21. The van der Waals surface area contributed by atoms with Crippen LogP contribution in [0, 0.1) is 0 Å². The Kier molecular flexibility index (Phi) is 7.43. The highest BCUT2D eigenvalue weighted by atomic mass is 35.5. The highest BCUT2D eigenvalue weighted by Crippen LogP contribution is 2.30. The zero-order valence-electron chi connectivity index (χ0n) is 16.6. The number of methoxy groups -OCH3 is 1. The maximum absolute atomic E-state index is 13.3. The maximum atomic E-state index is 13.3. The number of benzene rings is 3. The molecule has 0 fully saturated rings. The van der Waals surface area contributed by atoms with Crippen LogP contribution in [0.2, 0.25) is 10.0 Å². The standard InChI is InChI=1S/C22H20Cl2N2O4S/c1-30-18-10-7-16(8-11-18)14-25-22(27)15-26(17-9-12-20(23)21(24)13-17)31(28,29)19-5-3-2-4-6-19/h2-13H,14-15H2,1H3,(H,25,27). The molecule has 0 aliphatic carbocycles. The predicted octanol–water partition coefficient (Wildman–Crippen LogP) is 4.51. The largest absolute Gasteiger partial charge is 0.497 e. The second kappa shape index (κ2) is 10.0. The quantitative estimate of drug-likeness (QED) is 0.516. The van der Waals surface area contributed by atoms with E-state index in [0.29, 0.717) is 5.75 Å². The van der Waals surface area contributed by atoms with Crippen LogP contribution in [0.25, 0.3) is 0 Å². The van der Waals surface area contributed by atoms with Gasteiger partial charge >= 0.3 is 0 Å². The van der Waals surface area contributed by atoms with E-state index in [1.807, 2.05) is 12.1 Å². The summed E-state index contributed by atoms with van der Waals surface area (Å²) in [5.74, 6) is 0.233. The van der Waals surface area contributed by atoms with Crippen molar-refractivity contribution in [1.82, 2.24) is 5.32 Å². The van der Waals surface area contributed by atoms with Gasteiger partial charge in [0.25, 0.3) is 10.0 Å². The summed E-state index contributed by atoms with van der Waals surface area (Å²) in [6, 6.07) is 19.5. The SMILES string of the molecule is COc1ccc(CNC(=O)CN(c2ccc(Cl)c(Cl)c2)S(=O)(=O)c2ccccc2)cc1. The second-order valence-corrected chi connectivity index (χ2v) is 9.22. The summed E-state index contributed by atoms with van der Waals surface area (Å²) in [6.45, 7) is -0.186. The second-order valence-electron chi connectivity index (χ2n) is 6.55. The molecule has 0 aliphatic rings. The maximum Gasteiger partial charge on any atom is 0.264 e. The first-order valence-corrected chi connectivity index (χ1v) is 11.4. The van der Waals surface area contributed by atoms with E-state index in [2.05, 4.69) is 5.32 Å². The van der Waals surface area contributed by atoms with Crippen LogP contribution in [-0.4, -0.2) is 28.0 Å². The number of anilines is 1. The van der Waals surface area contributed by atoms with Crippen LogP contribution < -0.4 is 14.4 Å². The first-order chi connectivity index (χ1) is 14.8. The third kappa shape index (κ3) is 5.70. The van der Waals surface area contributed by atoms with Gasteiger partial charge in [-0.3, -0.25) is 9.10 Å². The summed E-state index contributed by atoms with van der Waals surface area (Å²) >= 11 is 12.1. The van der Waals surface area contributed by atoms with Crippen molar-refractivity contribution in [3.8, 4) is 5.75 Å². The average Bonchev–Trinajstić information content (AvgIpc) is 2.79. The molecule has 0 bridgehead atoms. The van der Waals surface area contributed by atoms with Crippen LogP contribution in [0.4, 0.5) is 5.69 Å². The van der Waals surface area contributed by atoms with Gasteiger partial charge in [0.05, 0.1) is 27.7 Å². The van der Waals surface area contributed by atoms with Crippen LogP contribution in [-0.2, 0) is 21.4 Å². The van der Waals surface area contributed by atoms with Gasteiger partial charge in [-0.25, -0.2) is 8.42 Å². The van der Waals surface area contributed by atoms with E-state index in [4.69, 9.17) is 27.9 Å². The number of carbonyl (C=O) groups excluding carboxylic acids is 1. The highest BCUT2D eigenvalue weighted by molar-refractivity contribution is 7.92. The number of ether oxygens (including phenoxy) is 1. The predicted molar refractivity (Wildman–Crippen MR) is 122 cm³/mol. The first-order valence-electron chi connectivity index (χ1n) is 9.24. The monoisotopic (exact) mass is 478 g/mol.